The summed E-state index contributed by atoms with van der Waals surface area (Å²) in [6, 6.07) is 9.16. The highest BCUT2D eigenvalue weighted by Gasteiger charge is 2.35. The Kier molecular flexibility index (Phi) is 5.88. The van der Waals surface area contributed by atoms with Crippen molar-refractivity contribution in [2.45, 2.75) is 11.8 Å². The Bertz CT molecular complexity index is 1230. The minimum Gasteiger partial charge on any atom is -0.335 e. The smallest absolute Gasteiger partial charge is 0.289 e. The fourth-order valence-corrected chi connectivity index (χ4v) is 6.75. The van der Waals surface area contributed by atoms with Crippen LogP contribution in [0.1, 0.15) is 15.4 Å². The molecule has 0 unspecified atom stereocenters. The number of nitro groups is 1. The van der Waals surface area contributed by atoms with E-state index in [0.717, 1.165) is 9.88 Å². The zero-order valence-electron chi connectivity index (χ0n) is 16.4. The van der Waals surface area contributed by atoms with E-state index in [1.165, 1.54) is 39.9 Å². The molecule has 0 bridgehead atoms. The van der Waals surface area contributed by atoms with Gasteiger partial charge in [-0.1, -0.05) is 18.2 Å². The van der Waals surface area contributed by atoms with Crippen molar-refractivity contribution in [1.29, 1.82) is 0 Å². The molecule has 12 heteroatoms. The number of benzene rings is 1. The molecular weight excluding hydrogens is 460 g/mol. The number of hydrogen-bond acceptors (Lipinski definition) is 8. The number of thiophene rings is 1. The van der Waals surface area contributed by atoms with Crippen LogP contribution in [0.2, 0.25) is 0 Å². The minimum absolute atomic E-state index is 0.0652. The first-order valence-corrected chi connectivity index (χ1v) is 12.5. The second kappa shape index (κ2) is 8.46. The first kappa shape index (κ1) is 21.6. The molecule has 162 valence electrons. The van der Waals surface area contributed by atoms with Gasteiger partial charge in [-0.15, -0.1) is 22.7 Å². The number of piperazine rings is 1. The zero-order chi connectivity index (χ0) is 22.2. The van der Waals surface area contributed by atoms with Gasteiger partial charge in [-0.3, -0.25) is 14.9 Å². The van der Waals surface area contributed by atoms with Crippen molar-refractivity contribution in [3.63, 3.8) is 0 Å². The number of sulfonamides is 1. The second-order valence-corrected chi connectivity index (χ2v) is 10.7. The van der Waals surface area contributed by atoms with Crippen LogP contribution in [0.4, 0.5) is 5.69 Å². The monoisotopic (exact) mass is 478 g/mol. The Hall–Kier alpha value is -2.67. The van der Waals surface area contributed by atoms with Crippen molar-refractivity contribution in [2.75, 3.05) is 26.2 Å². The number of amides is 1. The first-order valence-electron chi connectivity index (χ1n) is 9.33. The van der Waals surface area contributed by atoms with Crippen LogP contribution in [0.25, 0.3) is 9.88 Å². The van der Waals surface area contributed by atoms with Gasteiger partial charge in [-0.2, -0.15) is 4.31 Å². The molecule has 31 heavy (non-hydrogen) atoms. The van der Waals surface area contributed by atoms with E-state index in [9.17, 15) is 23.3 Å². The zero-order valence-corrected chi connectivity index (χ0v) is 18.9. The van der Waals surface area contributed by atoms with Gasteiger partial charge < -0.3 is 4.90 Å². The van der Waals surface area contributed by atoms with Gasteiger partial charge in [0.15, 0.2) is 4.90 Å². The fourth-order valence-electron chi connectivity index (χ4n) is 3.34. The maximum Gasteiger partial charge on any atom is 0.289 e. The van der Waals surface area contributed by atoms with Crippen LogP contribution in [0.15, 0.2) is 46.7 Å². The number of aryl methyl sites for hydroxylation is 1. The van der Waals surface area contributed by atoms with Crippen molar-refractivity contribution in [3.8, 4) is 9.88 Å². The number of nitro benzene ring substituents is 1. The van der Waals surface area contributed by atoms with Gasteiger partial charge in [0, 0.05) is 32.2 Å². The third-order valence-corrected chi connectivity index (χ3v) is 9.06. The van der Waals surface area contributed by atoms with Gasteiger partial charge in [0.1, 0.15) is 9.88 Å². The Morgan fingerprint density at radius 3 is 2.48 bits per heavy atom. The molecule has 1 fully saturated rings. The number of thiazole rings is 1. The highest BCUT2D eigenvalue weighted by atomic mass is 32.2. The summed E-state index contributed by atoms with van der Waals surface area (Å²) in [4.78, 5) is 30.8. The Morgan fingerprint density at radius 2 is 1.84 bits per heavy atom. The van der Waals surface area contributed by atoms with Crippen molar-refractivity contribution in [3.05, 3.63) is 62.5 Å². The Morgan fingerprint density at radius 1 is 1.13 bits per heavy atom. The molecule has 1 saturated heterocycles. The number of para-hydroxylation sites is 1. The summed E-state index contributed by atoms with van der Waals surface area (Å²) in [7, 11) is -4.04. The highest BCUT2D eigenvalue weighted by Crippen LogP contribution is 2.32. The summed E-state index contributed by atoms with van der Waals surface area (Å²) >= 11 is 2.88. The van der Waals surface area contributed by atoms with E-state index in [-0.39, 0.29) is 37.0 Å². The number of nitrogens with zero attached hydrogens (tertiary/aromatic N) is 4. The molecule has 1 amide bonds. The van der Waals surface area contributed by atoms with Crippen LogP contribution in [0, 0.1) is 17.0 Å². The third-order valence-electron chi connectivity index (χ3n) is 4.93. The SMILES string of the molecule is Cc1nc(-c2cccs2)sc1C(=O)N1CCN(S(=O)(=O)c2ccccc2[N+](=O)[O-])CC1. The topological polar surface area (TPSA) is 114 Å². The number of rotatable bonds is 5. The molecule has 0 atom stereocenters. The van der Waals surface area contributed by atoms with Gasteiger partial charge in [-0.25, -0.2) is 13.4 Å². The molecule has 0 spiro atoms. The lowest BCUT2D eigenvalue weighted by Gasteiger charge is -2.33. The van der Waals surface area contributed by atoms with Crippen molar-refractivity contribution >= 4 is 44.3 Å². The van der Waals surface area contributed by atoms with Crippen LogP contribution in [0.3, 0.4) is 0 Å². The number of carbonyl (C=O) groups excluding carboxylic acids is 1. The molecule has 0 aliphatic carbocycles. The lowest BCUT2D eigenvalue weighted by molar-refractivity contribution is -0.387. The van der Waals surface area contributed by atoms with Crippen LogP contribution in [-0.2, 0) is 10.0 Å². The lowest BCUT2D eigenvalue weighted by Crippen LogP contribution is -2.50. The fraction of sp³-hybridized carbons (Fsp3) is 0.263. The van der Waals surface area contributed by atoms with Gasteiger partial charge in [0.25, 0.3) is 11.6 Å². The maximum absolute atomic E-state index is 13.0. The van der Waals surface area contributed by atoms with Gasteiger partial charge in [0.2, 0.25) is 10.0 Å². The highest BCUT2D eigenvalue weighted by molar-refractivity contribution is 7.89. The predicted molar refractivity (Wildman–Crippen MR) is 118 cm³/mol. The standard InChI is InChI=1S/C19H18N4O5S3/c1-13-17(30-18(20-13)15-6-4-12-29-15)19(24)21-8-10-22(11-9-21)31(27,28)16-7-3-2-5-14(16)23(25)26/h2-7,12H,8-11H2,1H3. The minimum atomic E-state index is -4.04. The van der Waals surface area contributed by atoms with Crippen molar-refractivity contribution in [2.24, 2.45) is 0 Å². The molecule has 0 radical (unpaired) electrons. The molecule has 4 rings (SSSR count). The average Bonchev–Trinajstić information content (AvgIpc) is 3.43. The van der Waals surface area contributed by atoms with Crippen molar-refractivity contribution in [1.82, 2.24) is 14.2 Å². The summed E-state index contributed by atoms with van der Waals surface area (Å²) in [5, 5.41) is 14.0. The van der Waals surface area contributed by atoms with Gasteiger partial charge in [0.05, 0.1) is 15.5 Å². The van der Waals surface area contributed by atoms with Crippen LogP contribution in [-0.4, -0.2) is 59.6 Å². The number of hydrogen-bond donors (Lipinski definition) is 0. The lowest BCUT2D eigenvalue weighted by atomic mass is 10.3. The van der Waals surface area contributed by atoms with E-state index in [4.69, 9.17) is 0 Å². The Labute approximate surface area is 186 Å². The predicted octanol–water partition coefficient (Wildman–Crippen LogP) is 3.23. The van der Waals surface area contributed by atoms with E-state index in [1.54, 1.807) is 23.2 Å². The van der Waals surface area contributed by atoms with Gasteiger partial charge in [-0.05, 0) is 24.4 Å². The van der Waals surface area contributed by atoms with E-state index in [0.29, 0.717) is 10.6 Å². The van der Waals surface area contributed by atoms with Crippen molar-refractivity contribution < 1.29 is 18.1 Å². The van der Waals surface area contributed by atoms with Gasteiger partial charge >= 0.3 is 0 Å². The summed E-state index contributed by atoms with van der Waals surface area (Å²) in [6.07, 6.45) is 0. The van der Waals surface area contributed by atoms with Crippen LogP contribution in [0.5, 0.6) is 0 Å². The summed E-state index contributed by atoms with van der Waals surface area (Å²) < 4.78 is 27.1. The normalized spacial score (nSPS) is 15.2. The molecule has 0 saturated carbocycles. The quantitative estimate of drug-likeness (QED) is 0.411. The Balaban J connectivity index is 1.49. The van der Waals surface area contributed by atoms with E-state index in [2.05, 4.69) is 4.98 Å². The van der Waals surface area contributed by atoms with E-state index < -0.39 is 20.6 Å². The maximum atomic E-state index is 13.0. The largest absolute Gasteiger partial charge is 0.335 e. The van der Waals surface area contributed by atoms with Crippen LogP contribution >= 0.6 is 22.7 Å². The molecular formula is C19H18N4O5S3. The van der Waals surface area contributed by atoms with E-state index in [1.807, 2.05) is 17.5 Å². The molecule has 9 nitrogen and oxygen atoms in total. The molecule has 1 aromatic carbocycles. The van der Waals surface area contributed by atoms with E-state index >= 15 is 0 Å². The van der Waals surface area contributed by atoms with Crippen LogP contribution < -0.4 is 0 Å². The molecule has 1 aliphatic heterocycles. The summed E-state index contributed by atoms with van der Waals surface area (Å²) in [5.74, 6) is -0.180. The molecule has 3 heterocycles. The molecule has 2 aromatic heterocycles. The molecule has 0 N–H and O–H groups in total. The average molecular weight is 479 g/mol. The second-order valence-electron chi connectivity index (χ2n) is 6.83. The number of aromatic nitrogens is 1. The summed E-state index contributed by atoms with van der Waals surface area (Å²) in [6.45, 7) is 2.32. The molecule has 1 aliphatic rings. The molecule has 3 aromatic rings. The first-order chi connectivity index (χ1) is 14.8. The summed E-state index contributed by atoms with van der Waals surface area (Å²) in [5.41, 5.74) is 0.191. The number of carbonyl (C=O) groups is 1. The third kappa shape index (κ3) is 4.11.